The van der Waals surface area contributed by atoms with Crippen molar-refractivity contribution in [2.45, 2.75) is 18.6 Å². The molecule has 3 rings (SSSR count). The summed E-state index contributed by atoms with van der Waals surface area (Å²) in [7, 11) is 1.57. The van der Waals surface area contributed by atoms with Gasteiger partial charge < -0.3 is 14.2 Å². The van der Waals surface area contributed by atoms with Gasteiger partial charge in [-0.1, -0.05) is 30.3 Å². The van der Waals surface area contributed by atoms with Crippen LogP contribution in [0.1, 0.15) is 17.5 Å². The fourth-order valence-corrected chi connectivity index (χ4v) is 3.25. The molecule has 0 aromatic heterocycles. The molecule has 0 bridgehead atoms. The minimum atomic E-state index is -1.67. The third kappa shape index (κ3) is 4.20. The van der Waals surface area contributed by atoms with E-state index in [9.17, 15) is 9.59 Å². The second-order valence-corrected chi connectivity index (χ2v) is 7.19. The summed E-state index contributed by atoms with van der Waals surface area (Å²) in [6.07, 6.45) is 2.11. The average Bonchev–Trinajstić information content (AvgIpc) is 3.08. The molecule has 0 saturated heterocycles. The van der Waals surface area contributed by atoms with E-state index in [1.807, 2.05) is 36.6 Å². The Labute approximate surface area is 167 Å². The van der Waals surface area contributed by atoms with E-state index in [1.165, 1.54) is 11.8 Å². The third-order valence-electron chi connectivity index (χ3n) is 4.37. The SMILES string of the molecule is COc1ccc(C2=N[C@@](CCSC)(C(=O)OCc3ccccc3)C(=O)O2)cc1. The molecule has 1 aliphatic heterocycles. The highest BCUT2D eigenvalue weighted by atomic mass is 32.2. The Morgan fingerprint density at radius 1 is 1.14 bits per heavy atom. The van der Waals surface area contributed by atoms with Gasteiger partial charge in [-0.15, -0.1) is 0 Å². The predicted molar refractivity (Wildman–Crippen MR) is 108 cm³/mol. The van der Waals surface area contributed by atoms with Crippen LogP contribution in [-0.2, 0) is 25.7 Å². The molecule has 2 aromatic rings. The molecule has 1 heterocycles. The first-order valence-electron chi connectivity index (χ1n) is 8.75. The van der Waals surface area contributed by atoms with Crippen molar-refractivity contribution in [2.75, 3.05) is 19.1 Å². The van der Waals surface area contributed by atoms with Gasteiger partial charge in [0.25, 0.3) is 5.54 Å². The van der Waals surface area contributed by atoms with Gasteiger partial charge in [-0.25, -0.2) is 14.6 Å². The van der Waals surface area contributed by atoms with E-state index < -0.39 is 17.5 Å². The number of hydrogen-bond acceptors (Lipinski definition) is 7. The largest absolute Gasteiger partial charge is 0.497 e. The summed E-state index contributed by atoms with van der Waals surface area (Å²) < 4.78 is 15.9. The smallest absolute Gasteiger partial charge is 0.352 e. The van der Waals surface area contributed by atoms with E-state index in [-0.39, 0.29) is 18.9 Å². The maximum atomic E-state index is 12.9. The standard InChI is InChI=1S/C21H21NO5S/c1-25-17-10-8-16(9-11-17)18-22-21(12-13-28-2,20(24)27-18)19(23)26-14-15-6-4-3-5-7-15/h3-11H,12-14H2,1-2H3/t21-/m0/s1. The Balaban J connectivity index is 1.84. The van der Waals surface area contributed by atoms with Crippen molar-refractivity contribution >= 4 is 29.6 Å². The minimum absolute atomic E-state index is 0.0708. The van der Waals surface area contributed by atoms with Crippen LogP contribution in [0.15, 0.2) is 59.6 Å². The summed E-state index contributed by atoms with van der Waals surface area (Å²) in [5.74, 6) is -0.0473. The van der Waals surface area contributed by atoms with Gasteiger partial charge in [0.1, 0.15) is 12.4 Å². The number of aliphatic imine (C=N–C) groups is 1. The van der Waals surface area contributed by atoms with E-state index in [2.05, 4.69) is 4.99 Å². The fourth-order valence-electron chi connectivity index (χ4n) is 2.75. The van der Waals surface area contributed by atoms with E-state index in [0.717, 1.165) is 5.56 Å². The summed E-state index contributed by atoms with van der Waals surface area (Å²) in [6.45, 7) is 0.0708. The molecular formula is C21H21NO5S. The van der Waals surface area contributed by atoms with Crippen LogP contribution in [0, 0.1) is 0 Å². The lowest BCUT2D eigenvalue weighted by Gasteiger charge is -2.19. The van der Waals surface area contributed by atoms with Crippen molar-refractivity contribution in [3.63, 3.8) is 0 Å². The maximum Gasteiger partial charge on any atom is 0.352 e. The van der Waals surface area contributed by atoms with Crippen molar-refractivity contribution in [3.05, 3.63) is 65.7 Å². The summed E-state index contributed by atoms with van der Waals surface area (Å²) in [5.41, 5.74) is -0.245. The second kappa shape index (κ2) is 8.93. The molecule has 0 N–H and O–H groups in total. The van der Waals surface area contributed by atoms with Crippen molar-refractivity contribution in [1.29, 1.82) is 0 Å². The molecule has 6 nitrogen and oxygen atoms in total. The molecule has 0 unspecified atom stereocenters. The first-order valence-corrected chi connectivity index (χ1v) is 10.1. The van der Waals surface area contributed by atoms with Crippen molar-refractivity contribution in [1.82, 2.24) is 0 Å². The molecule has 2 aromatic carbocycles. The quantitative estimate of drug-likeness (QED) is 0.501. The number of benzene rings is 2. The van der Waals surface area contributed by atoms with Crippen LogP contribution in [0.2, 0.25) is 0 Å². The minimum Gasteiger partial charge on any atom is -0.497 e. The highest BCUT2D eigenvalue weighted by molar-refractivity contribution is 7.98. The number of rotatable bonds is 8. The van der Waals surface area contributed by atoms with Crippen molar-refractivity contribution in [2.24, 2.45) is 4.99 Å². The molecule has 7 heteroatoms. The lowest BCUT2D eigenvalue weighted by atomic mass is 9.98. The van der Waals surface area contributed by atoms with E-state index in [0.29, 0.717) is 17.1 Å². The summed E-state index contributed by atoms with van der Waals surface area (Å²) >= 11 is 1.52. The van der Waals surface area contributed by atoms with Gasteiger partial charge in [-0.05, 0) is 41.8 Å². The number of esters is 2. The number of nitrogens with zero attached hydrogens (tertiary/aromatic N) is 1. The Hall–Kier alpha value is -2.80. The molecule has 0 spiro atoms. The van der Waals surface area contributed by atoms with Crippen molar-refractivity contribution < 1.29 is 23.8 Å². The molecule has 0 radical (unpaired) electrons. The van der Waals surface area contributed by atoms with Crippen LogP contribution in [0.25, 0.3) is 0 Å². The third-order valence-corrected chi connectivity index (χ3v) is 4.99. The summed E-state index contributed by atoms with van der Waals surface area (Å²) in [6, 6.07) is 16.2. The van der Waals surface area contributed by atoms with Gasteiger partial charge in [-0.2, -0.15) is 11.8 Å². The zero-order valence-electron chi connectivity index (χ0n) is 15.7. The Kier molecular flexibility index (Phi) is 6.36. The number of carbonyl (C=O) groups excluding carboxylic acids is 2. The van der Waals surface area contributed by atoms with Crippen LogP contribution in [0.3, 0.4) is 0 Å². The predicted octanol–water partition coefficient (Wildman–Crippen LogP) is 3.23. The molecule has 1 aliphatic rings. The summed E-state index contributed by atoms with van der Waals surface area (Å²) in [5, 5.41) is 0. The van der Waals surface area contributed by atoms with Crippen LogP contribution < -0.4 is 4.74 Å². The van der Waals surface area contributed by atoms with Gasteiger partial charge in [0, 0.05) is 12.0 Å². The van der Waals surface area contributed by atoms with Gasteiger partial charge >= 0.3 is 11.9 Å². The van der Waals surface area contributed by atoms with Crippen LogP contribution in [-0.4, -0.2) is 42.5 Å². The van der Waals surface area contributed by atoms with E-state index in [1.54, 1.807) is 31.4 Å². The van der Waals surface area contributed by atoms with Gasteiger partial charge in [0.15, 0.2) is 0 Å². The molecule has 0 aliphatic carbocycles. The topological polar surface area (TPSA) is 74.2 Å². The molecule has 0 amide bonds. The Bertz CT molecular complexity index is 866. The molecule has 146 valence electrons. The first kappa shape index (κ1) is 19.9. The number of hydrogen-bond donors (Lipinski definition) is 0. The zero-order chi connectivity index (χ0) is 20.0. The molecule has 0 fully saturated rings. The van der Waals surface area contributed by atoms with Crippen molar-refractivity contribution in [3.8, 4) is 5.75 Å². The molecule has 1 atom stereocenters. The van der Waals surface area contributed by atoms with Crippen LogP contribution >= 0.6 is 11.8 Å². The lowest BCUT2D eigenvalue weighted by molar-refractivity contribution is -0.159. The molecular weight excluding hydrogens is 378 g/mol. The zero-order valence-corrected chi connectivity index (χ0v) is 16.5. The number of carbonyl (C=O) groups is 2. The summed E-state index contributed by atoms with van der Waals surface area (Å²) in [4.78, 5) is 30.0. The number of thioether (sulfide) groups is 1. The maximum absolute atomic E-state index is 12.9. The molecule has 28 heavy (non-hydrogen) atoms. The van der Waals surface area contributed by atoms with Gasteiger partial charge in [0.2, 0.25) is 5.90 Å². The molecule has 0 saturated carbocycles. The van der Waals surface area contributed by atoms with E-state index in [4.69, 9.17) is 14.2 Å². The lowest BCUT2D eigenvalue weighted by Crippen LogP contribution is -2.44. The highest BCUT2D eigenvalue weighted by Gasteiger charge is 2.53. The second-order valence-electron chi connectivity index (χ2n) is 6.20. The Morgan fingerprint density at radius 3 is 2.50 bits per heavy atom. The number of cyclic esters (lactones) is 1. The highest BCUT2D eigenvalue weighted by Crippen LogP contribution is 2.30. The normalized spacial score (nSPS) is 18.4. The van der Waals surface area contributed by atoms with Gasteiger partial charge in [-0.3, -0.25) is 0 Å². The van der Waals surface area contributed by atoms with Crippen LogP contribution in [0.5, 0.6) is 5.75 Å². The first-order chi connectivity index (χ1) is 13.6. The Morgan fingerprint density at radius 2 is 1.86 bits per heavy atom. The number of methoxy groups -OCH3 is 1. The monoisotopic (exact) mass is 399 g/mol. The van der Waals surface area contributed by atoms with Gasteiger partial charge in [0.05, 0.1) is 7.11 Å². The average molecular weight is 399 g/mol. The van der Waals surface area contributed by atoms with E-state index >= 15 is 0 Å². The van der Waals surface area contributed by atoms with Crippen LogP contribution in [0.4, 0.5) is 0 Å². The number of ether oxygens (including phenoxy) is 3. The fraction of sp³-hybridized carbons (Fsp3) is 0.286.